The summed E-state index contributed by atoms with van der Waals surface area (Å²) in [5, 5.41) is 12.9. The summed E-state index contributed by atoms with van der Waals surface area (Å²) < 4.78 is 1.91. The number of imidazole rings is 1. The molecule has 1 amide bonds. The third kappa shape index (κ3) is 3.90. The number of nitrogens with zero attached hydrogens (tertiary/aromatic N) is 3. The second-order valence-electron chi connectivity index (χ2n) is 6.43. The number of hydrogen-bond acceptors (Lipinski definition) is 5. The van der Waals surface area contributed by atoms with Crippen LogP contribution in [-0.4, -0.2) is 26.8 Å². The van der Waals surface area contributed by atoms with Crippen molar-refractivity contribution in [2.24, 2.45) is 0 Å². The van der Waals surface area contributed by atoms with Crippen LogP contribution in [0.5, 0.6) is 0 Å². The molecular formula is C21H20N4O2S. The van der Waals surface area contributed by atoms with Gasteiger partial charge in [-0.1, -0.05) is 6.08 Å². The molecule has 1 atom stereocenters. The Bertz CT molecular complexity index is 1030. The number of aliphatic hydroxyl groups is 1. The highest BCUT2D eigenvalue weighted by molar-refractivity contribution is 7.13. The van der Waals surface area contributed by atoms with Crippen molar-refractivity contribution in [3.8, 4) is 5.69 Å². The summed E-state index contributed by atoms with van der Waals surface area (Å²) in [6, 6.07) is 11.6. The number of hydrogen-bond donors (Lipinski definition) is 2. The molecule has 3 heterocycles. The van der Waals surface area contributed by atoms with E-state index < -0.39 is 6.23 Å². The van der Waals surface area contributed by atoms with Gasteiger partial charge in [-0.3, -0.25) is 4.79 Å². The van der Waals surface area contributed by atoms with Gasteiger partial charge >= 0.3 is 0 Å². The number of amides is 1. The number of allylic oxidation sites excluding steroid dienone is 2. The lowest BCUT2D eigenvalue weighted by Crippen LogP contribution is -2.29. The third-order valence-corrected chi connectivity index (χ3v) is 5.40. The number of anilines is 1. The van der Waals surface area contributed by atoms with Gasteiger partial charge < -0.3 is 19.9 Å². The van der Waals surface area contributed by atoms with E-state index in [2.05, 4.69) is 10.3 Å². The molecule has 0 saturated carbocycles. The molecule has 7 heteroatoms. The number of carbonyl (C=O) groups excluding carboxylic acids is 1. The molecule has 1 aliphatic rings. The average Bonchev–Trinajstić information content (AvgIpc) is 3.36. The van der Waals surface area contributed by atoms with Crippen LogP contribution >= 0.6 is 11.3 Å². The van der Waals surface area contributed by atoms with E-state index in [9.17, 15) is 9.90 Å². The van der Waals surface area contributed by atoms with Crippen LogP contribution in [0.3, 0.4) is 0 Å². The van der Waals surface area contributed by atoms with Gasteiger partial charge in [0.15, 0.2) is 0 Å². The molecule has 1 aliphatic heterocycles. The van der Waals surface area contributed by atoms with Crippen LogP contribution in [0.25, 0.3) is 5.69 Å². The van der Waals surface area contributed by atoms with Gasteiger partial charge in [-0.15, -0.1) is 11.3 Å². The van der Waals surface area contributed by atoms with Crippen LogP contribution in [-0.2, 0) is 6.54 Å². The molecule has 28 heavy (non-hydrogen) atoms. The van der Waals surface area contributed by atoms with Gasteiger partial charge in [0.25, 0.3) is 5.91 Å². The van der Waals surface area contributed by atoms with Crippen molar-refractivity contribution in [3.05, 3.63) is 88.8 Å². The van der Waals surface area contributed by atoms with E-state index in [0.717, 1.165) is 21.9 Å². The summed E-state index contributed by atoms with van der Waals surface area (Å²) in [5.74, 6) is -0.0841. The predicted octanol–water partition coefficient (Wildman–Crippen LogP) is 3.38. The molecule has 0 spiro atoms. The lowest BCUT2D eigenvalue weighted by molar-refractivity contribution is 0.0954. The van der Waals surface area contributed by atoms with Gasteiger partial charge in [0.05, 0.1) is 23.4 Å². The van der Waals surface area contributed by atoms with Crippen LogP contribution in [0.1, 0.15) is 20.2 Å². The fourth-order valence-corrected chi connectivity index (χ4v) is 3.72. The van der Waals surface area contributed by atoms with Gasteiger partial charge in [-0.2, -0.15) is 0 Å². The van der Waals surface area contributed by atoms with Crippen LogP contribution in [0.4, 0.5) is 5.69 Å². The number of carbonyl (C=O) groups is 1. The molecule has 1 aromatic carbocycles. The number of aryl methyl sites for hydroxylation is 1. The van der Waals surface area contributed by atoms with Crippen LogP contribution < -0.4 is 10.2 Å². The lowest BCUT2D eigenvalue weighted by atomic mass is 10.2. The average molecular weight is 392 g/mol. The third-order valence-electron chi connectivity index (χ3n) is 4.40. The number of thiophene rings is 1. The molecule has 142 valence electrons. The van der Waals surface area contributed by atoms with E-state index in [1.54, 1.807) is 17.3 Å². The Kier molecular flexibility index (Phi) is 5.10. The molecule has 2 N–H and O–H groups in total. The van der Waals surface area contributed by atoms with E-state index in [1.807, 2.05) is 72.4 Å². The van der Waals surface area contributed by atoms with Crippen LogP contribution in [0.2, 0.25) is 0 Å². The van der Waals surface area contributed by atoms with E-state index in [0.29, 0.717) is 11.4 Å². The van der Waals surface area contributed by atoms with Crippen molar-refractivity contribution in [3.63, 3.8) is 0 Å². The van der Waals surface area contributed by atoms with Gasteiger partial charge in [-0.05, 0) is 55.5 Å². The van der Waals surface area contributed by atoms with Crippen molar-refractivity contribution in [2.45, 2.75) is 19.7 Å². The Balaban J connectivity index is 1.40. The monoisotopic (exact) mass is 392 g/mol. The summed E-state index contributed by atoms with van der Waals surface area (Å²) in [7, 11) is 0. The maximum Gasteiger partial charge on any atom is 0.261 e. The molecule has 6 nitrogen and oxygen atoms in total. The Morgan fingerprint density at radius 3 is 2.68 bits per heavy atom. The molecule has 0 fully saturated rings. The highest BCUT2D eigenvalue weighted by atomic mass is 32.1. The molecule has 3 aromatic rings. The van der Waals surface area contributed by atoms with Gasteiger partial charge in [-0.25, -0.2) is 4.98 Å². The number of nitrogens with one attached hydrogen (secondary N) is 1. The summed E-state index contributed by atoms with van der Waals surface area (Å²) in [4.78, 5) is 20.1. The molecule has 0 saturated heterocycles. The van der Waals surface area contributed by atoms with Crippen molar-refractivity contribution in [1.82, 2.24) is 14.9 Å². The molecule has 0 radical (unpaired) electrons. The van der Waals surface area contributed by atoms with E-state index in [-0.39, 0.29) is 5.91 Å². The van der Waals surface area contributed by atoms with E-state index in [4.69, 9.17) is 0 Å². The van der Waals surface area contributed by atoms with Crippen LogP contribution in [0, 0.1) is 6.92 Å². The second-order valence-corrected chi connectivity index (χ2v) is 7.72. The zero-order valence-electron chi connectivity index (χ0n) is 15.3. The summed E-state index contributed by atoms with van der Waals surface area (Å²) in [5.41, 5.74) is 2.63. The number of aromatic nitrogens is 2. The largest absolute Gasteiger partial charge is 0.370 e. The van der Waals surface area contributed by atoms with E-state index in [1.165, 1.54) is 11.3 Å². The predicted molar refractivity (Wildman–Crippen MR) is 111 cm³/mol. The first kappa shape index (κ1) is 18.2. The van der Waals surface area contributed by atoms with Crippen molar-refractivity contribution >= 4 is 22.9 Å². The SMILES string of the molecule is Cc1ccc(C(=O)NCc2cn(-c3ccc(N4C=CC=CC4O)cc3)cn2)s1. The van der Waals surface area contributed by atoms with Gasteiger partial charge in [0.1, 0.15) is 6.23 Å². The Labute approximate surface area is 167 Å². The smallest absolute Gasteiger partial charge is 0.261 e. The van der Waals surface area contributed by atoms with Crippen LogP contribution in [0.15, 0.2) is 73.4 Å². The molecule has 4 rings (SSSR count). The second kappa shape index (κ2) is 7.84. The van der Waals surface area contributed by atoms with Gasteiger partial charge in [0.2, 0.25) is 0 Å². The fourth-order valence-electron chi connectivity index (χ4n) is 2.93. The summed E-state index contributed by atoms with van der Waals surface area (Å²) in [6.07, 6.45) is 10.2. The summed E-state index contributed by atoms with van der Waals surface area (Å²) in [6.45, 7) is 2.35. The fraction of sp³-hybridized carbons (Fsp3) is 0.143. The topological polar surface area (TPSA) is 70.4 Å². The molecule has 2 aromatic heterocycles. The maximum absolute atomic E-state index is 12.2. The molecule has 0 aliphatic carbocycles. The first-order valence-electron chi connectivity index (χ1n) is 8.89. The minimum Gasteiger partial charge on any atom is -0.370 e. The van der Waals surface area contributed by atoms with E-state index >= 15 is 0 Å². The van der Waals surface area contributed by atoms with Crippen molar-refractivity contribution in [2.75, 3.05) is 4.90 Å². The van der Waals surface area contributed by atoms with Gasteiger partial charge in [0, 0.05) is 28.6 Å². The standard InChI is InChI=1S/C21H20N4O2S/c1-15-5-10-19(28-15)21(27)22-12-16-13-24(14-23-16)17-6-8-18(9-7-17)25-11-3-2-4-20(25)26/h2-11,13-14,20,26H,12H2,1H3,(H,22,27). The lowest BCUT2D eigenvalue weighted by Gasteiger charge is -2.26. The number of aliphatic hydroxyl groups excluding tert-OH is 1. The highest BCUT2D eigenvalue weighted by Crippen LogP contribution is 2.22. The first-order chi connectivity index (χ1) is 13.6. The minimum absolute atomic E-state index is 0.0841. The Hall–Kier alpha value is -3.16. The van der Waals surface area contributed by atoms with Crippen molar-refractivity contribution in [1.29, 1.82) is 0 Å². The normalized spacial score (nSPS) is 15.8. The quantitative estimate of drug-likeness (QED) is 0.698. The molecule has 1 unspecified atom stereocenters. The van der Waals surface area contributed by atoms with Crippen molar-refractivity contribution < 1.29 is 9.90 Å². The minimum atomic E-state index is -0.661. The molecular weight excluding hydrogens is 372 g/mol. The maximum atomic E-state index is 12.2. The first-order valence-corrected chi connectivity index (χ1v) is 9.71. The zero-order chi connectivity index (χ0) is 19.5. The highest BCUT2D eigenvalue weighted by Gasteiger charge is 2.13. The molecule has 0 bridgehead atoms. The number of rotatable bonds is 5. The Morgan fingerprint density at radius 1 is 1.18 bits per heavy atom. The zero-order valence-corrected chi connectivity index (χ0v) is 16.1. The summed E-state index contributed by atoms with van der Waals surface area (Å²) >= 11 is 1.48. The Morgan fingerprint density at radius 2 is 1.96 bits per heavy atom. The number of benzene rings is 1.